The molecule has 0 fully saturated rings. The van der Waals surface area contributed by atoms with Gasteiger partial charge in [0.2, 0.25) is 10.0 Å². The van der Waals surface area contributed by atoms with Gasteiger partial charge in [-0.15, -0.1) is 0 Å². The summed E-state index contributed by atoms with van der Waals surface area (Å²) in [6.07, 6.45) is 1.15. The van der Waals surface area contributed by atoms with E-state index in [4.69, 9.17) is 21.1 Å². The highest BCUT2D eigenvalue weighted by molar-refractivity contribution is 7.92. The quantitative estimate of drug-likeness (QED) is 0.453. The van der Waals surface area contributed by atoms with Crippen LogP contribution in [-0.4, -0.2) is 34.8 Å². The molecule has 0 aromatic heterocycles. The van der Waals surface area contributed by atoms with Crippen molar-refractivity contribution in [3.05, 3.63) is 88.4 Å². The van der Waals surface area contributed by atoms with Gasteiger partial charge in [0.25, 0.3) is 5.91 Å². The first-order valence-corrected chi connectivity index (χ1v) is 12.7. The largest absolute Gasteiger partial charge is 0.493 e. The fraction of sp³-hybridized carbons (Fsp3) is 0.240. The number of sulfonamides is 1. The van der Waals surface area contributed by atoms with Crippen molar-refractivity contribution >= 4 is 33.2 Å². The molecule has 0 radical (unpaired) electrons. The minimum Gasteiger partial charge on any atom is -0.493 e. The number of rotatable bonds is 9. The molecule has 0 saturated heterocycles. The number of hydrogen-bond acceptors (Lipinski definition) is 5. The molecule has 3 rings (SSSR count). The van der Waals surface area contributed by atoms with Crippen LogP contribution in [0.4, 0.5) is 5.69 Å². The Morgan fingerprint density at radius 1 is 0.971 bits per heavy atom. The molecule has 1 atom stereocenters. The number of carbonyl (C=O) groups is 1. The number of anilines is 1. The number of halogens is 1. The van der Waals surface area contributed by atoms with Crippen LogP contribution in [0.25, 0.3) is 0 Å². The standard InChI is InChI=1S/C25H27ClN2O5S/c1-17(20-9-14-23(32-2)24(15-20)33-3)27-25(29)19-7-12-22(13-8-19)28(34(4,30)31)16-18-5-10-21(26)11-6-18/h5-15,17H,16H2,1-4H3,(H,27,29). The molecule has 1 N–H and O–H groups in total. The molecule has 0 spiro atoms. The number of amides is 1. The van der Waals surface area contributed by atoms with E-state index < -0.39 is 10.0 Å². The Morgan fingerprint density at radius 3 is 2.15 bits per heavy atom. The molecule has 7 nitrogen and oxygen atoms in total. The molecule has 9 heteroatoms. The van der Waals surface area contributed by atoms with E-state index in [0.717, 1.165) is 17.4 Å². The lowest BCUT2D eigenvalue weighted by Gasteiger charge is -2.23. The van der Waals surface area contributed by atoms with Gasteiger partial charge in [-0.1, -0.05) is 29.8 Å². The molecule has 0 heterocycles. The fourth-order valence-corrected chi connectivity index (χ4v) is 4.43. The molecule has 0 aliphatic heterocycles. The van der Waals surface area contributed by atoms with E-state index in [0.29, 0.717) is 27.8 Å². The number of hydrogen-bond donors (Lipinski definition) is 1. The van der Waals surface area contributed by atoms with Gasteiger partial charge in [-0.3, -0.25) is 9.10 Å². The summed E-state index contributed by atoms with van der Waals surface area (Å²) in [6, 6.07) is 18.6. The van der Waals surface area contributed by atoms with Crippen molar-refractivity contribution in [3.63, 3.8) is 0 Å². The molecule has 1 unspecified atom stereocenters. The minimum absolute atomic E-state index is 0.151. The van der Waals surface area contributed by atoms with Gasteiger partial charge in [-0.2, -0.15) is 0 Å². The Morgan fingerprint density at radius 2 is 1.59 bits per heavy atom. The van der Waals surface area contributed by atoms with Gasteiger partial charge in [0, 0.05) is 10.6 Å². The van der Waals surface area contributed by atoms with Crippen LogP contribution in [0.2, 0.25) is 5.02 Å². The Kier molecular flexibility index (Phi) is 8.06. The Hall–Kier alpha value is -3.23. The highest BCUT2D eigenvalue weighted by Gasteiger charge is 2.19. The molecule has 3 aromatic carbocycles. The predicted octanol–water partition coefficient (Wildman–Crippen LogP) is 4.81. The zero-order valence-electron chi connectivity index (χ0n) is 19.4. The summed E-state index contributed by atoms with van der Waals surface area (Å²) in [5, 5.41) is 3.52. The smallest absolute Gasteiger partial charge is 0.251 e. The van der Waals surface area contributed by atoms with Crippen LogP contribution in [0.15, 0.2) is 66.7 Å². The van der Waals surface area contributed by atoms with Crippen LogP contribution in [-0.2, 0) is 16.6 Å². The molecule has 0 aliphatic rings. The molecule has 180 valence electrons. The SMILES string of the molecule is COc1ccc(C(C)NC(=O)c2ccc(N(Cc3ccc(Cl)cc3)S(C)(=O)=O)cc2)cc1OC. The number of ether oxygens (including phenoxy) is 2. The maximum absolute atomic E-state index is 12.8. The van der Waals surface area contributed by atoms with Crippen molar-refractivity contribution in [1.29, 1.82) is 0 Å². The number of nitrogens with one attached hydrogen (secondary N) is 1. The predicted molar refractivity (Wildman–Crippen MR) is 134 cm³/mol. The zero-order valence-corrected chi connectivity index (χ0v) is 21.0. The van der Waals surface area contributed by atoms with E-state index in [1.165, 1.54) is 4.31 Å². The Balaban J connectivity index is 1.75. The molecule has 1 amide bonds. The molecule has 3 aromatic rings. The summed E-state index contributed by atoms with van der Waals surface area (Å²) < 4.78 is 36.7. The van der Waals surface area contributed by atoms with E-state index >= 15 is 0 Å². The summed E-state index contributed by atoms with van der Waals surface area (Å²) in [5.74, 6) is 0.902. The van der Waals surface area contributed by atoms with Gasteiger partial charge in [0.15, 0.2) is 11.5 Å². The van der Waals surface area contributed by atoms with Crippen molar-refractivity contribution in [2.75, 3.05) is 24.8 Å². The van der Waals surface area contributed by atoms with Crippen LogP contribution >= 0.6 is 11.6 Å². The fourth-order valence-electron chi connectivity index (χ4n) is 3.42. The van der Waals surface area contributed by atoms with Gasteiger partial charge in [-0.25, -0.2) is 8.42 Å². The lowest BCUT2D eigenvalue weighted by Crippen LogP contribution is -2.29. The van der Waals surface area contributed by atoms with Crippen molar-refractivity contribution in [3.8, 4) is 11.5 Å². The maximum Gasteiger partial charge on any atom is 0.251 e. The maximum atomic E-state index is 12.8. The van der Waals surface area contributed by atoms with E-state index in [1.807, 2.05) is 19.1 Å². The summed E-state index contributed by atoms with van der Waals surface area (Å²) in [4.78, 5) is 12.8. The molecular weight excluding hydrogens is 476 g/mol. The normalized spacial score (nSPS) is 12.0. The first kappa shape index (κ1) is 25.4. The first-order chi connectivity index (χ1) is 16.1. The van der Waals surface area contributed by atoms with Gasteiger partial charge in [-0.05, 0) is 66.6 Å². The van der Waals surface area contributed by atoms with Gasteiger partial charge in [0.1, 0.15) is 0 Å². The topological polar surface area (TPSA) is 84.9 Å². The molecular formula is C25H27ClN2O5S. The van der Waals surface area contributed by atoms with E-state index in [1.54, 1.807) is 68.8 Å². The lowest BCUT2D eigenvalue weighted by atomic mass is 10.1. The highest BCUT2D eigenvalue weighted by atomic mass is 35.5. The second-order valence-corrected chi connectivity index (χ2v) is 10.1. The lowest BCUT2D eigenvalue weighted by molar-refractivity contribution is 0.0940. The molecule has 0 saturated carbocycles. The van der Waals surface area contributed by atoms with Crippen molar-refractivity contribution in [2.24, 2.45) is 0 Å². The van der Waals surface area contributed by atoms with Gasteiger partial charge < -0.3 is 14.8 Å². The van der Waals surface area contributed by atoms with Crippen LogP contribution in [0.3, 0.4) is 0 Å². The van der Waals surface area contributed by atoms with Crippen LogP contribution in [0, 0.1) is 0 Å². The van der Waals surface area contributed by atoms with Gasteiger partial charge in [0.05, 0.1) is 38.7 Å². The van der Waals surface area contributed by atoms with E-state index in [2.05, 4.69) is 5.32 Å². The first-order valence-electron chi connectivity index (χ1n) is 10.5. The number of methoxy groups -OCH3 is 2. The monoisotopic (exact) mass is 502 g/mol. The average Bonchev–Trinajstić information content (AvgIpc) is 2.82. The third-order valence-corrected chi connectivity index (χ3v) is 6.71. The van der Waals surface area contributed by atoms with Crippen molar-refractivity contribution in [2.45, 2.75) is 19.5 Å². The number of carbonyl (C=O) groups excluding carboxylic acids is 1. The minimum atomic E-state index is -3.55. The molecule has 0 bridgehead atoms. The van der Waals surface area contributed by atoms with Crippen LogP contribution in [0.5, 0.6) is 11.5 Å². The Bertz CT molecular complexity index is 1250. The van der Waals surface area contributed by atoms with Crippen molar-refractivity contribution in [1.82, 2.24) is 5.32 Å². The summed E-state index contributed by atoms with van der Waals surface area (Å²) in [5.41, 5.74) is 2.52. The average molecular weight is 503 g/mol. The van der Waals surface area contributed by atoms with Crippen LogP contribution < -0.4 is 19.1 Å². The van der Waals surface area contributed by atoms with E-state index in [-0.39, 0.29) is 18.5 Å². The van der Waals surface area contributed by atoms with Crippen molar-refractivity contribution < 1.29 is 22.7 Å². The summed E-state index contributed by atoms with van der Waals surface area (Å²) >= 11 is 5.92. The second kappa shape index (κ2) is 10.8. The second-order valence-electron chi connectivity index (χ2n) is 7.75. The highest BCUT2D eigenvalue weighted by Crippen LogP contribution is 2.30. The third-order valence-electron chi connectivity index (χ3n) is 5.31. The van der Waals surface area contributed by atoms with E-state index in [9.17, 15) is 13.2 Å². The summed E-state index contributed by atoms with van der Waals surface area (Å²) in [6.45, 7) is 2.02. The van der Waals surface area contributed by atoms with Gasteiger partial charge >= 0.3 is 0 Å². The number of benzene rings is 3. The zero-order chi connectivity index (χ0) is 24.9. The number of nitrogens with zero attached hydrogens (tertiary/aromatic N) is 1. The Labute approximate surface area is 205 Å². The summed E-state index contributed by atoms with van der Waals surface area (Å²) in [7, 11) is -0.432. The molecule has 0 aliphatic carbocycles. The van der Waals surface area contributed by atoms with Crippen LogP contribution in [0.1, 0.15) is 34.5 Å². The third kappa shape index (κ3) is 6.21. The molecule has 34 heavy (non-hydrogen) atoms.